The van der Waals surface area contributed by atoms with Gasteiger partial charge in [-0.05, 0) is 48.9 Å². The number of anilines is 2. The molecule has 4 aromatic rings. The van der Waals surface area contributed by atoms with Gasteiger partial charge in [0, 0.05) is 11.2 Å². The van der Waals surface area contributed by atoms with E-state index in [0.717, 1.165) is 33.7 Å². The quantitative estimate of drug-likeness (QED) is 0.524. The number of ether oxygens (including phenoxy) is 1. The molecule has 1 atom stereocenters. The highest BCUT2D eigenvalue weighted by molar-refractivity contribution is 6.31. The Morgan fingerprint density at radius 1 is 1.24 bits per heavy atom. The monoisotopic (exact) mass is 406 g/mol. The number of aliphatic hydroxyl groups is 1. The Balaban J connectivity index is 1.65. The second-order valence-electron chi connectivity index (χ2n) is 7.11. The van der Waals surface area contributed by atoms with Gasteiger partial charge in [-0.1, -0.05) is 23.7 Å². The van der Waals surface area contributed by atoms with Crippen LogP contribution in [0.25, 0.3) is 22.4 Å². The van der Waals surface area contributed by atoms with Crippen molar-refractivity contribution >= 4 is 34.1 Å². The number of aromatic amines is 1. The highest BCUT2D eigenvalue weighted by Gasteiger charge is 2.31. The molecule has 0 fully saturated rings. The van der Waals surface area contributed by atoms with Crippen LogP contribution >= 0.6 is 11.6 Å². The van der Waals surface area contributed by atoms with Gasteiger partial charge in [0.2, 0.25) is 0 Å². The molecule has 0 amide bonds. The lowest BCUT2D eigenvalue weighted by atomic mass is 10.1. The van der Waals surface area contributed by atoms with Gasteiger partial charge in [0.1, 0.15) is 18.2 Å². The molecule has 2 aromatic carbocycles. The number of hydrogen-bond donors (Lipinski definition) is 2. The second-order valence-corrected chi connectivity index (χ2v) is 7.55. The number of rotatable bonds is 3. The summed E-state index contributed by atoms with van der Waals surface area (Å²) in [6.45, 7) is 2.31. The third-order valence-electron chi connectivity index (χ3n) is 5.09. The van der Waals surface area contributed by atoms with Crippen LogP contribution in [0.4, 0.5) is 11.5 Å². The Morgan fingerprint density at radius 2 is 2.14 bits per heavy atom. The van der Waals surface area contributed by atoms with Crippen LogP contribution in [0.3, 0.4) is 0 Å². The highest BCUT2D eigenvalue weighted by Crippen LogP contribution is 2.44. The molecule has 5 rings (SSSR count). The van der Waals surface area contributed by atoms with Crippen molar-refractivity contribution in [1.82, 2.24) is 15.0 Å². The Kier molecular flexibility index (Phi) is 4.38. The van der Waals surface area contributed by atoms with Gasteiger partial charge in [0.25, 0.3) is 0 Å². The molecule has 0 saturated heterocycles. The van der Waals surface area contributed by atoms with Crippen LogP contribution in [-0.2, 0) is 0 Å². The van der Waals surface area contributed by atoms with Crippen molar-refractivity contribution in [1.29, 1.82) is 0 Å². The fourth-order valence-corrected chi connectivity index (χ4v) is 3.83. The van der Waals surface area contributed by atoms with Gasteiger partial charge in [-0.3, -0.25) is 0 Å². The SMILES string of the molecule is Cc1ccc(N2c3cccc(-c4nc5ccc(Cl)cc5[nH]4)c3OC[C@@H]2CO)nc1. The summed E-state index contributed by atoms with van der Waals surface area (Å²) in [5.41, 5.74) is 4.48. The first-order valence-electron chi connectivity index (χ1n) is 9.38. The fourth-order valence-electron chi connectivity index (χ4n) is 3.66. The topological polar surface area (TPSA) is 74.3 Å². The maximum atomic E-state index is 9.93. The summed E-state index contributed by atoms with van der Waals surface area (Å²) >= 11 is 6.11. The number of nitrogens with zero attached hydrogens (tertiary/aromatic N) is 3. The summed E-state index contributed by atoms with van der Waals surface area (Å²) in [5.74, 6) is 2.19. The van der Waals surface area contributed by atoms with Crippen LogP contribution in [0.2, 0.25) is 5.02 Å². The number of halogens is 1. The molecule has 0 unspecified atom stereocenters. The molecule has 2 aromatic heterocycles. The molecule has 0 spiro atoms. The lowest BCUT2D eigenvalue weighted by Gasteiger charge is -2.37. The minimum Gasteiger partial charge on any atom is -0.488 e. The van der Waals surface area contributed by atoms with Crippen LogP contribution in [0.5, 0.6) is 5.75 Å². The first-order chi connectivity index (χ1) is 14.1. The van der Waals surface area contributed by atoms with Crippen molar-refractivity contribution in [2.45, 2.75) is 13.0 Å². The zero-order valence-corrected chi connectivity index (χ0v) is 16.5. The number of imidazole rings is 1. The molecule has 146 valence electrons. The molecule has 0 bridgehead atoms. The van der Waals surface area contributed by atoms with Crippen molar-refractivity contribution in [3.8, 4) is 17.1 Å². The number of hydrogen-bond acceptors (Lipinski definition) is 5. The third kappa shape index (κ3) is 3.10. The smallest absolute Gasteiger partial charge is 0.154 e. The van der Waals surface area contributed by atoms with E-state index in [0.29, 0.717) is 23.2 Å². The average molecular weight is 407 g/mol. The minimum atomic E-state index is -0.220. The Morgan fingerprint density at radius 3 is 2.93 bits per heavy atom. The number of aliphatic hydroxyl groups excluding tert-OH is 1. The van der Waals surface area contributed by atoms with E-state index >= 15 is 0 Å². The number of benzene rings is 2. The Bertz CT molecular complexity index is 1190. The lowest BCUT2D eigenvalue weighted by molar-refractivity contribution is 0.195. The molecule has 29 heavy (non-hydrogen) atoms. The van der Waals surface area contributed by atoms with E-state index in [1.807, 2.05) is 66.6 Å². The van der Waals surface area contributed by atoms with Crippen LogP contribution in [-0.4, -0.2) is 39.3 Å². The van der Waals surface area contributed by atoms with Crippen LogP contribution < -0.4 is 9.64 Å². The predicted octanol–water partition coefficient (Wildman–Crippen LogP) is 4.48. The number of H-pyrrole nitrogens is 1. The fraction of sp³-hybridized carbons (Fsp3) is 0.182. The molecular weight excluding hydrogens is 388 g/mol. The molecule has 0 radical (unpaired) electrons. The summed E-state index contributed by atoms with van der Waals surface area (Å²) in [7, 11) is 0. The standard InChI is InChI=1S/C22H19ClN4O2/c1-13-5-8-20(24-10-13)27-15(11-28)12-29-21-16(3-2-4-19(21)27)22-25-17-7-6-14(23)9-18(17)26-22/h2-10,15,28H,11-12H2,1H3,(H,25,26)/t15-/m0/s1. The number of nitrogens with one attached hydrogen (secondary N) is 1. The molecule has 1 aliphatic heterocycles. The lowest BCUT2D eigenvalue weighted by Crippen LogP contribution is -2.43. The van der Waals surface area contributed by atoms with Crippen molar-refractivity contribution in [3.63, 3.8) is 0 Å². The largest absolute Gasteiger partial charge is 0.488 e. The average Bonchev–Trinajstić information content (AvgIpc) is 3.16. The summed E-state index contributed by atoms with van der Waals surface area (Å²) in [5, 5.41) is 10.6. The van der Waals surface area contributed by atoms with Crippen molar-refractivity contribution < 1.29 is 9.84 Å². The third-order valence-corrected chi connectivity index (χ3v) is 5.33. The number of aromatic nitrogens is 3. The Hall–Kier alpha value is -3.09. The number of pyridine rings is 1. The van der Waals surface area contributed by atoms with E-state index in [1.165, 1.54) is 0 Å². The van der Waals surface area contributed by atoms with Crippen molar-refractivity contribution in [3.05, 3.63) is 65.3 Å². The first kappa shape index (κ1) is 18.0. The van der Waals surface area contributed by atoms with Crippen LogP contribution in [0, 0.1) is 6.92 Å². The van der Waals surface area contributed by atoms with Gasteiger partial charge in [-0.15, -0.1) is 0 Å². The molecule has 2 N–H and O–H groups in total. The summed E-state index contributed by atoms with van der Waals surface area (Å²) in [6, 6.07) is 15.2. The number of fused-ring (bicyclic) bond motifs is 2. The molecule has 1 aliphatic rings. The zero-order valence-electron chi connectivity index (χ0n) is 15.8. The van der Waals surface area contributed by atoms with E-state index in [1.54, 1.807) is 0 Å². The zero-order chi connectivity index (χ0) is 20.0. The molecule has 0 saturated carbocycles. The van der Waals surface area contributed by atoms with E-state index < -0.39 is 0 Å². The highest BCUT2D eigenvalue weighted by atomic mass is 35.5. The summed E-state index contributed by atoms with van der Waals surface area (Å²) in [4.78, 5) is 14.6. The van der Waals surface area contributed by atoms with E-state index in [4.69, 9.17) is 21.3 Å². The van der Waals surface area contributed by atoms with E-state index in [9.17, 15) is 5.11 Å². The van der Waals surface area contributed by atoms with Gasteiger partial charge < -0.3 is 19.7 Å². The van der Waals surface area contributed by atoms with Crippen molar-refractivity contribution in [2.24, 2.45) is 0 Å². The predicted molar refractivity (Wildman–Crippen MR) is 114 cm³/mol. The minimum absolute atomic E-state index is 0.0393. The molecule has 6 nitrogen and oxygen atoms in total. The number of para-hydroxylation sites is 1. The Labute approximate surface area is 172 Å². The second kappa shape index (κ2) is 7.06. The molecular formula is C22H19ClN4O2. The molecule has 3 heterocycles. The van der Waals surface area contributed by atoms with Gasteiger partial charge in [0.05, 0.1) is 34.9 Å². The normalized spacial score (nSPS) is 16.0. The van der Waals surface area contributed by atoms with E-state index in [2.05, 4.69) is 9.97 Å². The van der Waals surface area contributed by atoms with Crippen molar-refractivity contribution in [2.75, 3.05) is 18.1 Å². The summed E-state index contributed by atoms with van der Waals surface area (Å²) in [6.07, 6.45) is 1.83. The van der Waals surface area contributed by atoms with Gasteiger partial charge in [-0.25, -0.2) is 9.97 Å². The number of aryl methyl sites for hydroxylation is 1. The maximum Gasteiger partial charge on any atom is 0.154 e. The van der Waals surface area contributed by atoms with Gasteiger partial charge in [-0.2, -0.15) is 0 Å². The van der Waals surface area contributed by atoms with Gasteiger partial charge in [0.15, 0.2) is 5.75 Å². The first-order valence-corrected chi connectivity index (χ1v) is 9.76. The summed E-state index contributed by atoms with van der Waals surface area (Å²) < 4.78 is 6.09. The maximum absolute atomic E-state index is 9.93. The van der Waals surface area contributed by atoms with Crippen LogP contribution in [0.1, 0.15) is 5.56 Å². The molecule has 0 aliphatic carbocycles. The van der Waals surface area contributed by atoms with Gasteiger partial charge >= 0.3 is 0 Å². The van der Waals surface area contributed by atoms with Crippen LogP contribution in [0.15, 0.2) is 54.7 Å². The molecule has 7 heteroatoms. The van der Waals surface area contributed by atoms with E-state index in [-0.39, 0.29) is 12.6 Å².